The summed E-state index contributed by atoms with van der Waals surface area (Å²) >= 11 is 0. The van der Waals surface area contributed by atoms with Crippen LogP contribution in [0.3, 0.4) is 0 Å². The van der Waals surface area contributed by atoms with Gasteiger partial charge in [-0.05, 0) is 25.7 Å². The number of nitrogens with zero attached hydrogens (tertiary/aromatic N) is 4. The zero-order chi connectivity index (χ0) is 16.3. The smallest absolute Gasteiger partial charge is 0.222 e. The minimum atomic E-state index is 0.126. The highest BCUT2D eigenvalue weighted by atomic mass is 16.3. The highest BCUT2D eigenvalue weighted by Crippen LogP contribution is 2.39. The van der Waals surface area contributed by atoms with Crippen LogP contribution in [-0.4, -0.2) is 58.7 Å². The molecule has 126 valence electrons. The number of likely N-dealkylation sites (tertiary alicyclic amines) is 1. The maximum atomic E-state index is 12.1. The van der Waals surface area contributed by atoms with Gasteiger partial charge < -0.3 is 20.6 Å². The fourth-order valence-electron chi connectivity index (χ4n) is 3.84. The summed E-state index contributed by atoms with van der Waals surface area (Å²) in [5.41, 5.74) is 5.90. The average Bonchev–Trinajstić information content (AvgIpc) is 2.56. The van der Waals surface area contributed by atoms with Gasteiger partial charge in [-0.15, -0.1) is 0 Å². The quantitative estimate of drug-likeness (QED) is 0.846. The van der Waals surface area contributed by atoms with Crippen molar-refractivity contribution in [3.63, 3.8) is 0 Å². The Labute approximate surface area is 136 Å². The summed E-state index contributed by atoms with van der Waals surface area (Å²) in [4.78, 5) is 24.6. The third kappa shape index (κ3) is 3.55. The molecule has 7 heteroatoms. The SMILES string of the molecule is Nc1cc(N2CCC[C@@]3(CCC(=O)N(CCCO)C3)C2)ncn1. The third-order valence-corrected chi connectivity index (χ3v) is 4.99. The highest BCUT2D eigenvalue weighted by Gasteiger charge is 2.41. The van der Waals surface area contributed by atoms with E-state index in [4.69, 9.17) is 10.8 Å². The molecule has 1 aromatic rings. The van der Waals surface area contributed by atoms with Crippen LogP contribution in [0.15, 0.2) is 12.4 Å². The predicted octanol–water partition coefficient (Wildman–Crippen LogP) is 0.650. The molecule has 7 nitrogen and oxygen atoms in total. The zero-order valence-corrected chi connectivity index (χ0v) is 13.4. The summed E-state index contributed by atoms with van der Waals surface area (Å²) in [6.45, 7) is 3.42. The lowest BCUT2D eigenvalue weighted by Crippen LogP contribution is -2.54. The number of hydrogen-bond acceptors (Lipinski definition) is 6. The summed E-state index contributed by atoms with van der Waals surface area (Å²) in [5, 5.41) is 9.03. The molecule has 2 fully saturated rings. The van der Waals surface area contributed by atoms with Crippen LogP contribution in [0.4, 0.5) is 11.6 Å². The molecule has 3 N–H and O–H groups in total. The molecule has 2 saturated heterocycles. The molecule has 3 heterocycles. The van der Waals surface area contributed by atoms with Gasteiger partial charge in [0.05, 0.1) is 0 Å². The molecule has 1 atom stereocenters. The van der Waals surface area contributed by atoms with Gasteiger partial charge in [0.2, 0.25) is 5.91 Å². The van der Waals surface area contributed by atoms with E-state index in [1.165, 1.54) is 6.33 Å². The van der Waals surface area contributed by atoms with E-state index in [1.54, 1.807) is 0 Å². The topological polar surface area (TPSA) is 95.6 Å². The van der Waals surface area contributed by atoms with Crippen molar-refractivity contribution in [3.05, 3.63) is 12.4 Å². The number of aliphatic hydroxyl groups is 1. The minimum Gasteiger partial charge on any atom is -0.396 e. The van der Waals surface area contributed by atoms with Crippen LogP contribution in [0.25, 0.3) is 0 Å². The summed E-state index contributed by atoms with van der Waals surface area (Å²) in [6, 6.07) is 1.82. The number of anilines is 2. The molecule has 1 spiro atoms. The van der Waals surface area contributed by atoms with Crippen molar-refractivity contribution in [1.82, 2.24) is 14.9 Å². The number of aromatic nitrogens is 2. The van der Waals surface area contributed by atoms with Crippen LogP contribution < -0.4 is 10.6 Å². The van der Waals surface area contributed by atoms with E-state index in [0.717, 1.165) is 44.7 Å². The van der Waals surface area contributed by atoms with Crippen molar-refractivity contribution in [3.8, 4) is 0 Å². The first kappa shape index (κ1) is 16.0. The molecule has 23 heavy (non-hydrogen) atoms. The first-order valence-corrected chi connectivity index (χ1v) is 8.33. The first-order valence-electron chi connectivity index (χ1n) is 8.33. The molecular formula is C16H25N5O2. The molecule has 0 aliphatic carbocycles. The Balaban J connectivity index is 1.72. The maximum absolute atomic E-state index is 12.1. The highest BCUT2D eigenvalue weighted by molar-refractivity contribution is 5.77. The predicted molar refractivity (Wildman–Crippen MR) is 87.8 cm³/mol. The molecule has 0 radical (unpaired) electrons. The number of nitrogen functional groups attached to an aromatic ring is 1. The molecule has 1 amide bonds. The van der Waals surface area contributed by atoms with E-state index in [1.807, 2.05) is 11.0 Å². The van der Waals surface area contributed by atoms with Gasteiger partial charge in [-0.25, -0.2) is 9.97 Å². The molecule has 2 aliphatic rings. The van der Waals surface area contributed by atoms with Gasteiger partial charge in [-0.3, -0.25) is 4.79 Å². The van der Waals surface area contributed by atoms with E-state index in [-0.39, 0.29) is 17.9 Å². The second-order valence-electron chi connectivity index (χ2n) is 6.72. The lowest BCUT2D eigenvalue weighted by atomic mass is 9.73. The normalized spacial score (nSPS) is 25.2. The molecule has 0 saturated carbocycles. The first-order chi connectivity index (χ1) is 11.1. The van der Waals surface area contributed by atoms with Gasteiger partial charge >= 0.3 is 0 Å². The Morgan fingerprint density at radius 1 is 1.30 bits per heavy atom. The van der Waals surface area contributed by atoms with Crippen molar-refractivity contribution in [1.29, 1.82) is 0 Å². The average molecular weight is 319 g/mol. The number of carbonyl (C=O) groups is 1. The van der Waals surface area contributed by atoms with Gasteiger partial charge in [0, 0.05) is 50.7 Å². The molecule has 1 aromatic heterocycles. The standard InChI is InChI=1S/C16H25N5O2/c17-13-9-14(19-12-18-13)20-6-1-4-16(10-20)5-3-15(23)21(11-16)7-2-8-22/h9,12,22H,1-8,10-11H2,(H2,17,18,19)/t16-/m1/s1. The van der Waals surface area contributed by atoms with E-state index in [0.29, 0.717) is 25.2 Å². The molecule has 0 unspecified atom stereocenters. The number of rotatable bonds is 4. The van der Waals surface area contributed by atoms with Crippen LogP contribution >= 0.6 is 0 Å². The Hall–Kier alpha value is -1.89. The monoisotopic (exact) mass is 319 g/mol. The van der Waals surface area contributed by atoms with Crippen molar-refractivity contribution >= 4 is 17.5 Å². The van der Waals surface area contributed by atoms with Gasteiger partial charge in [-0.2, -0.15) is 0 Å². The van der Waals surface area contributed by atoms with E-state index in [2.05, 4.69) is 14.9 Å². The zero-order valence-electron chi connectivity index (χ0n) is 13.4. The van der Waals surface area contributed by atoms with Gasteiger partial charge in [0.1, 0.15) is 18.0 Å². The Morgan fingerprint density at radius 3 is 2.96 bits per heavy atom. The fraction of sp³-hybridized carbons (Fsp3) is 0.688. The number of piperidine rings is 2. The number of aliphatic hydroxyl groups excluding tert-OH is 1. The Morgan fingerprint density at radius 2 is 2.17 bits per heavy atom. The van der Waals surface area contributed by atoms with Gasteiger partial charge in [-0.1, -0.05) is 0 Å². The third-order valence-electron chi connectivity index (χ3n) is 4.99. The Bertz CT molecular complexity index is 567. The minimum absolute atomic E-state index is 0.126. The molecular weight excluding hydrogens is 294 g/mol. The number of carbonyl (C=O) groups excluding carboxylic acids is 1. The van der Waals surface area contributed by atoms with Crippen LogP contribution in [0.2, 0.25) is 0 Å². The van der Waals surface area contributed by atoms with Crippen LogP contribution in [0, 0.1) is 5.41 Å². The number of hydrogen-bond donors (Lipinski definition) is 2. The van der Waals surface area contributed by atoms with Gasteiger partial charge in [0.15, 0.2) is 0 Å². The summed E-state index contributed by atoms with van der Waals surface area (Å²) in [5.74, 6) is 1.57. The lowest BCUT2D eigenvalue weighted by Gasteiger charge is -2.48. The Kier molecular flexibility index (Phi) is 4.66. The van der Waals surface area contributed by atoms with Crippen molar-refractivity contribution in [2.75, 3.05) is 43.4 Å². The summed E-state index contributed by atoms with van der Waals surface area (Å²) in [7, 11) is 0. The lowest BCUT2D eigenvalue weighted by molar-refractivity contribution is -0.138. The van der Waals surface area contributed by atoms with E-state index >= 15 is 0 Å². The largest absolute Gasteiger partial charge is 0.396 e. The van der Waals surface area contributed by atoms with Gasteiger partial charge in [0.25, 0.3) is 0 Å². The summed E-state index contributed by atoms with van der Waals surface area (Å²) < 4.78 is 0. The maximum Gasteiger partial charge on any atom is 0.222 e. The fourth-order valence-corrected chi connectivity index (χ4v) is 3.84. The number of amides is 1. The van der Waals surface area contributed by atoms with Crippen LogP contribution in [-0.2, 0) is 4.79 Å². The molecule has 0 aromatic carbocycles. The second-order valence-corrected chi connectivity index (χ2v) is 6.72. The van der Waals surface area contributed by atoms with Crippen molar-refractivity contribution in [2.24, 2.45) is 5.41 Å². The second kappa shape index (κ2) is 6.70. The summed E-state index contributed by atoms with van der Waals surface area (Å²) in [6.07, 6.45) is 5.90. The van der Waals surface area contributed by atoms with E-state index < -0.39 is 0 Å². The van der Waals surface area contributed by atoms with Crippen LogP contribution in [0.1, 0.15) is 32.1 Å². The number of nitrogens with two attached hydrogens (primary N) is 1. The molecule has 0 bridgehead atoms. The van der Waals surface area contributed by atoms with Crippen LogP contribution in [0.5, 0.6) is 0 Å². The van der Waals surface area contributed by atoms with Crippen molar-refractivity contribution in [2.45, 2.75) is 32.1 Å². The van der Waals surface area contributed by atoms with E-state index in [9.17, 15) is 4.79 Å². The molecule has 2 aliphatic heterocycles. The van der Waals surface area contributed by atoms with Crippen molar-refractivity contribution < 1.29 is 9.90 Å². The molecule has 3 rings (SSSR count).